The van der Waals surface area contributed by atoms with Gasteiger partial charge in [0, 0.05) is 0 Å². The lowest BCUT2D eigenvalue weighted by Gasteiger charge is -2.39. The van der Waals surface area contributed by atoms with E-state index in [1.54, 1.807) is 0 Å². The lowest BCUT2D eigenvalue weighted by molar-refractivity contribution is 0.368. The van der Waals surface area contributed by atoms with Crippen LogP contribution in [-0.2, 0) is 0 Å². The van der Waals surface area contributed by atoms with Crippen molar-refractivity contribution in [3.63, 3.8) is 0 Å². The van der Waals surface area contributed by atoms with E-state index < -0.39 is 0 Å². The molecule has 0 saturated heterocycles. The topological polar surface area (TPSA) is 26.1 Å². The normalized spacial score (nSPS) is 34.2. The van der Waals surface area contributed by atoms with Crippen LogP contribution in [0.15, 0.2) is 0 Å². The van der Waals surface area contributed by atoms with Gasteiger partial charge < -0.3 is 10.6 Å². The van der Waals surface area contributed by atoms with Gasteiger partial charge in [-0.2, -0.15) is 7.05 Å². The molecule has 0 radical (unpaired) electrons. The van der Waals surface area contributed by atoms with Crippen LogP contribution in [0.25, 0.3) is 5.32 Å². The van der Waals surface area contributed by atoms with Gasteiger partial charge >= 0.3 is 0 Å². The molecule has 0 aromatic heterocycles. The molecule has 2 unspecified atom stereocenters. The number of nitrogens with zero attached hydrogens (tertiary/aromatic N) is 1. The number of hydrogen-bond donors (Lipinski definition) is 1. The molecule has 0 aromatic carbocycles. The minimum atomic E-state index is 0.582. The fraction of sp³-hybridized carbons (Fsp3) is 1.00. The smallest absolute Gasteiger partial charge is 0.00961 e. The highest BCUT2D eigenvalue weighted by atomic mass is 15.0. The minimum absolute atomic E-state index is 0.582. The van der Waals surface area contributed by atoms with E-state index in [1.165, 1.54) is 25.7 Å². The maximum atomic E-state index is 4.34. The maximum Gasteiger partial charge on any atom is -0.00961 e. The van der Waals surface area contributed by atoms with Crippen molar-refractivity contribution in [3.8, 4) is 0 Å². The second-order valence-electron chi connectivity index (χ2n) is 3.01. The van der Waals surface area contributed by atoms with Gasteiger partial charge in [0.1, 0.15) is 0 Å². The zero-order chi connectivity index (χ0) is 7.40. The summed E-state index contributed by atoms with van der Waals surface area (Å²) in [4.78, 5) is 0. The average Bonchev–Trinajstić information content (AvgIpc) is 2.04. The van der Waals surface area contributed by atoms with Crippen molar-refractivity contribution < 1.29 is 0 Å². The van der Waals surface area contributed by atoms with E-state index in [0.29, 0.717) is 12.1 Å². The summed E-state index contributed by atoms with van der Waals surface area (Å²) < 4.78 is 0. The largest absolute Gasteiger partial charge is 0.661 e. The SMILES string of the molecule is C[N-]C1CCCCC1NC. The van der Waals surface area contributed by atoms with Crippen molar-refractivity contribution in [1.82, 2.24) is 5.32 Å². The highest BCUT2D eigenvalue weighted by molar-refractivity contribution is 4.97. The number of likely N-dealkylation sites (N-methyl/N-ethyl adjacent to an activating group) is 2. The first-order chi connectivity index (χ1) is 4.88. The van der Waals surface area contributed by atoms with E-state index >= 15 is 0 Å². The predicted molar refractivity (Wildman–Crippen MR) is 44.4 cm³/mol. The van der Waals surface area contributed by atoms with Crippen LogP contribution in [0.4, 0.5) is 0 Å². The van der Waals surface area contributed by atoms with E-state index in [2.05, 4.69) is 10.6 Å². The van der Waals surface area contributed by atoms with Crippen molar-refractivity contribution in [2.24, 2.45) is 0 Å². The minimum Gasteiger partial charge on any atom is -0.661 e. The van der Waals surface area contributed by atoms with Crippen molar-refractivity contribution in [3.05, 3.63) is 5.32 Å². The monoisotopic (exact) mass is 141 g/mol. The highest BCUT2D eigenvalue weighted by Gasteiger charge is 2.14. The first-order valence-electron chi connectivity index (χ1n) is 4.14. The molecule has 2 nitrogen and oxygen atoms in total. The Labute approximate surface area is 63.4 Å². The Morgan fingerprint density at radius 1 is 1.30 bits per heavy atom. The first kappa shape index (κ1) is 8.02. The third-order valence-electron chi connectivity index (χ3n) is 2.43. The van der Waals surface area contributed by atoms with Crippen LogP contribution in [0.2, 0.25) is 0 Å². The molecule has 1 fully saturated rings. The summed E-state index contributed by atoms with van der Waals surface area (Å²) in [5.74, 6) is 0. The van der Waals surface area contributed by atoms with E-state index in [-0.39, 0.29) is 0 Å². The lowest BCUT2D eigenvalue weighted by Crippen LogP contribution is -2.39. The molecule has 1 rings (SSSR count). The van der Waals surface area contributed by atoms with Crippen molar-refractivity contribution in [2.45, 2.75) is 37.8 Å². The van der Waals surface area contributed by atoms with Crippen molar-refractivity contribution in [2.75, 3.05) is 14.1 Å². The summed E-state index contributed by atoms with van der Waals surface area (Å²) in [7, 11) is 3.97. The van der Waals surface area contributed by atoms with E-state index in [0.717, 1.165) is 0 Å². The Morgan fingerprint density at radius 2 is 2.00 bits per heavy atom. The summed E-state index contributed by atoms with van der Waals surface area (Å²) in [5, 5.41) is 7.65. The van der Waals surface area contributed by atoms with Gasteiger partial charge in [-0.3, -0.25) is 0 Å². The molecule has 1 aliphatic carbocycles. The van der Waals surface area contributed by atoms with Crippen molar-refractivity contribution in [1.29, 1.82) is 0 Å². The Hall–Kier alpha value is -0.0800. The van der Waals surface area contributed by atoms with Gasteiger partial charge in [-0.15, -0.1) is 6.04 Å². The molecule has 1 saturated carbocycles. The van der Waals surface area contributed by atoms with Gasteiger partial charge in [0.05, 0.1) is 0 Å². The Morgan fingerprint density at radius 3 is 2.50 bits per heavy atom. The van der Waals surface area contributed by atoms with Crippen LogP contribution in [0.3, 0.4) is 0 Å². The fourth-order valence-corrected chi connectivity index (χ4v) is 1.76. The molecule has 0 aromatic rings. The molecular weight excluding hydrogens is 124 g/mol. The zero-order valence-corrected chi connectivity index (χ0v) is 6.93. The quantitative estimate of drug-likeness (QED) is 0.620. The third-order valence-corrected chi connectivity index (χ3v) is 2.43. The van der Waals surface area contributed by atoms with E-state index in [4.69, 9.17) is 0 Å². The molecule has 0 aliphatic heterocycles. The summed E-state index contributed by atoms with van der Waals surface area (Å²) in [6, 6.07) is 1.23. The van der Waals surface area contributed by atoms with Gasteiger partial charge in [-0.05, 0) is 19.5 Å². The molecular formula is C8H17N2-. The molecule has 2 heteroatoms. The van der Waals surface area contributed by atoms with Gasteiger partial charge in [0.2, 0.25) is 0 Å². The Bertz CT molecular complexity index is 81.3. The van der Waals surface area contributed by atoms with Gasteiger partial charge in [0.25, 0.3) is 0 Å². The molecule has 1 N–H and O–H groups in total. The van der Waals surface area contributed by atoms with Crippen LogP contribution < -0.4 is 5.32 Å². The first-order valence-corrected chi connectivity index (χ1v) is 4.14. The maximum absolute atomic E-state index is 4.34. The Kier molecular flexibility index (Phi) is 3.16. The molecule has 0 bridgehead atoms. The van der Waals surface area contributed by atoms with Crippen molar-refractivity contribution >= 4 is 0 Å². The number of hydrogen-bond acceptors (Lipinski definition) is 1. The van der Waals surface area contributed by atoms with Gasteiger partial charge in [-0.1, -0.05) is 19.3 Å². The molecule has 0 spiro atoms. The van der Waals surface area contributed by atoms with Crippen LogP contribution in [0.1, 0.15) is 25.7 Å². The fourth-order valence-electron chi connectivity index (χ4n) is 1.76. The van der Waals surface area contributed by atoms with E-state index in [1.807, 2.05) is 14.1 Å². The average molecular weight is 141 g/mol. The second kappa shape index (κ2) is 3.94. The van der Waals surface area contributed by atoms with E-state index in [9.17, 15) is 0 Å². The molecule has 10 heavy (non-hydrogen) atoms. The summed E-state index contributed by atoms with van der Waals surface area (Å²) in [6.07, 6.45) is 5.32. The molecule has 2 atom stereocenters. The standard InChI is InChI=1S/C8H17N2/c1-9-7-5-3-4-6-8(7)10-2/h7-9H,3-6H2,1-2H3/q-1. The second-order valence-corrected chi connectivity index (χ2v) is 3.01. The molecule has 0 heterocycles. The Balaban J connectivity index is 2.34. The number of nitrogens with one attached hydrogen (secondary N) is 1. The zero-order valence-electron chi connectivity index (χ0n) is 6.93. The van der Waals surface area contributed by atoms with Gasteiger partial charge in [-0.25, -0.2) is 0 Å². The molecule has 60 valence electrons. The molecule has 0 amide bonds. The summed E-state index contributed by atoms with van der Waals surface area (Å²) in [5.41, 5.74) is 0. The van der Waals surface area contributed by atoms with Gasteiger partial charge in [0.15, 0.2) is 0 Å². The lowest BCUT2D eigenvalue weighted by atomic mass is 9.91. The highest BCUT2D eigenvalue weighted by Crippen LogP contribution is 2.22. The van der Waals surface area contributed by atoms with Crippen LogP contribution in [-0.4, -0.2) is 26.2 Å². The van der Waals surface area contributed by atoms with Crippen LogP contribution in [0, 0.1) is 0 Å². The summed E-state index contributed by atoms with van der Waals surface area (Å²) >= 11 is 0. The van der Waals surface area contributed by atoms with Crippen LogP contribution >= 0.6 is 0 Å². The number of rotatable bonds is 2. The van der Waals surface area contributed by atoms with Crippen LogP contribution in [0.5, 0.6) is 0 Å². The predicted octanol–water partition coefficient (Wildman–Crippen LogP) is 1.52. The summed E-state index contributed by atoms with van der Waals surface area (Å²) in [6.45, 7) is 0. The third kappa shape index (κ3) is 1.70. The molecule has 1 aliphatic rings.